The highest BCUT2D eigenvalue weighted by atomic mass is 79.9. The number of pyridine rings is 1. The molecule has 0 saturated carbocycles. The summed E-state index contributed by atoms with van der Waals surface area (Å²) in [6.07, 6.45) is 0.185. The highest BCUT2D eigenvalue weighted by molar-refractivity contribution is 9.10. The van der Waals surface area contributed by atoms with Gasteiger partial charge in [-0.1, -0.05) is 11.6 Å². The van der Waals surface area contributed by atoms with Gasteiger partial charge in [-0.2, -0.15) is 0 Å². The van der Waals surface area contributed by atoms with Gasteiger partial charge in [0, 0.05) is 18.2 Å². The van der Waals surface area contributed by atoms with Crippen molar-refractivity contribution in [2.24, 2.45) is 0 Å². The largest absolute Gasteiger partial charge is 0.388 e. The van der Waals surface area contributed by atoms with Gasteiger partial charge in [0.1, 0.15) is 16.8 Å². The van der Waals surface area contributed by atoms with E-state index in [0.717, 1.165) is 6.07 Å². The van der Waals surface area contributed by atoms with Gasteiger partial charge in [-0.15, -0.1) is 0 Å². The number of aliphatic hydroxyl groups is 1. The Labute approximate surface area is 122 Å². The van der Waals surface area contributed by atoms with E-state index in [1.54, 1.807) is 6.07 Å². The Morgan fingerprint density at radius 1 is 1.32 bits per heavy atom. The molecule has 1 aromatic carbocycles. The number of nitrogens with zero attached hydrogens (tertiary/aromatic N) is 1. The van der Waals surface area contributed by atoms with Crippen LogP contribution in [0.1, 0.15) is 17.2 Å². The van der Waals surface area contributed by atoms with E-state index in [1.807, 2.05) is 0 Å². The van der Waals surface area contributed by atoms with Gasteiger partial charge in [-0.25, -0.2) is 13.8 Å². The van der Waals surface area contributed by atoms with Crippen molar-refractivity contribution in [3.63, 3.8) is 0 Å². The Morgan fingerprint density at radius 3 is 2.74 bits per heavy atom. The predicted octanol–water partition coefficient (Wildman–Crippen LogP) is 4.05. The number of aromatic nitrogens is 1. The van der Waals surface area contributed by atoms with Crippen molar-refractivity contribution in [3.05, 3.63) is 62.8 Å². The molecule has 6 heteroatoms. The molecule has 0 amide bonds. The smallest absolute Gasteiger partial charge is 0.143 e. The zero-order valence-corrected chi connectivity index (χ0v) is 11.9. The van der Waals surface area contributed by atoms with Crippen molar-refractivity contribution in [1.82, 2.24) is 4.98 Å². The normalized spacial score (nSPS) is 12.5. The Bertz CT molecular complexity index is 609. The monoisotopic (exact) mass is 347 g/mol. The summed E-state index contributed by atoms with van der Waals surface area (Å²) in [6, 6.07) is 5.43. The molecule has 0 aliphatic rings. The molecule has 0 fully saturated rings. The number of hydrogen-bond donors (Lipinski definition) is 1. The number of benzene rings is 1. The van der Waals surface area contributed by atoms with E-state index in [-0.39, 0.29) is 21.6 Å². The average molecular weight is 349 g/mol. The molecule has 0 aliphatic carbocycles. The fraction of sp³-hybridized carbons (Fsp3) is 0.154. The molecule has 1 unspecified atom stereocenters. The van der Waals surface area contributed by atoms with E-state index in [4.69, 9.17) is 11.6 Å². The van der Waals surface area contributed by atoms with Crippen LogP contribution in [0.4, 0.5) is 8.78 Å². The Hall–Kier alpha value is -1.04. The van der Waals surface area contributed by atoms with Crippen molar-refractivity contribution < 1.29 is 13.9 Å². The summed E-state index contributed by atoms with van der Waals surface area (Å²) in [6.45, 7) is 0. The highest BCUT2D eigenvalue weighted by Crippen LogP contribution is 2.27. The molecule has 2 aromatic rings. The van der Waals surface area contributed by atoms with Gasteiger partial charge in [-0.05, 0) is 45.8 Å². The molecule has 2 nitrogen and oxygen atoms in total. The van der Waals surface area contributed by atoms with E-state index >= 15 is 0 Å². The highest BCUT2D eigenvalue weighted by Gasteiger charge is 2.17. The second kappa shape index (κ2) is 5.94. The molecule has 1 atom stereocenters. The van der Waals surface area contributed by atoms with E-state index in [9.17, 15) is 13.9 Å². The zero-order valence-electron chi connectivity index (χ0n) is 9.58. The van der Waals surface area contributed by atoms with Crippen LogP contribution in [-0.2, 0) is 6.42 Å². The van der Waals surface area contributed by atoms with Crippen LogP contribution in [0.15, 0.2) is 34.9 Å². The summed E-state index contributed by atoms with van der Waals surface area (Å²) in [7, 11) is 0. The van der Waals surface area contributed by atoms with Gasteiger partial charge in [0.25, 0.3) is 0 Å². The maximum Gasteiger partial charge on any atom is 0.143 e. The lowest BCUT2D eigenvalue weighted by atomic mass is 10.0. The first-order valence-corrected chi connectivity index (χ1v) is 6.58. The van der Waals surface area contributed by atoms with Crippen molar-refractivity contribution in [3.8, 4) is 0 Å². The molecular weight excluding hydrogens is 340 g/mol. The van der Waals surface area contributed by atoms with Crippen LogP contribution in [0.3, 0.4) is 0 Å². The van der Waals surface area contributed by atoms with Crippen molar-refractivity contribution >= 4 is 27.5 Å². The summed E-state index contributed by atoms with van der Waals surface area (Å²) < 4.78 is 27.5. The molecular formula is C13H9BrClF2NO. The van der Waals surface area contributed by atoms with Crippen LogP contribution in [0.2, 0.25) is 5.15 Å². The van der Waals surface area contributed by atoms with E-state index in [1.165, 1.54) is 18.3 Å². The summed E-state index contributed by atoms with van der Waals surface area (Å²) >= 11 is 8.69. The van der Waals surface area contributed by atoms with Gasteiger partial charge in [0.05, 0.1) is 10.6 Å². The molecule has 1 aromatic heterocycles. The standard InChI is InChI=1S/C13H9BrClF2NO/c14-9-1-2-10(16)8(13(9)17)6-11(19)7-3-4-18-12(15)5-7/h1-5,11,19H,6H2. The fourth-order valence-electron chi connectivity index (χ4n) is 1.69. The quantitative estimate of drug-likeness (QED) is 0.670. The van der Waals surface area contributed by atoms with E-state index < -0.39 is 17.7 Å². The van der Waals surface area contributed by atoms with Crippen molar-refractivity contribution in [1.29, 1.82) is 0 Å². The third kappa shape index (κ3) is 3.29. The lowest BCUT2D eigenvalue weighted by molar-refractivity contribution is 0.175. The second-order valence-electron chi connectivity index (χ2n) is 3.95. The zero-order chi connectivity index (χ0) is 14.0. The van der Waals surface area contributed by atoms with E-state index in [2.05, 4.69) is 20.9 Å². The summed E-state index contributed by atoms with van der Waals surface area (Å²) in [5.74, 6) is -1.40. The molecule has 0 radical (unpaired) electrons. The maximum absolute atomic E-state index is 13.8. The van der Waals surface area contributed by atoms with Crippen LogP contribution in [0.5, 0.6) is 0 Å². The van der Waals surface area contributed by atoms with Crippen LogP contribution in [-0.4, -0.2) is 10.1 Å². The molecule has 0 saturated heterocycles. The molecule has 0 bridgehead atoms. The van der Waals surface area contributed by atoms with Crippen LogP contribution in [0, 0.1) is 11.6 Å². The topological polar surface area (TPSA) is 33.1 Å². The fourth-order valence-corrected chi connectivity index (χ4v) is 2.25. The SMILES string of the molecule is OC(Cc1c(F)ccc(Br)c1F)c1ccnc(Cl)c1. The number of halogens is 4. The van der Waals surface area contributed by atoms with Crippen molar-refractivity contribution in [2.75, 3.05) is 0 Å². The first-order chi connectivity index (χ1) is 8.99. The average Bonchev–Trinajstić information content (AvgIpc) is 2.39. The Balaban J connectivity index is 2.29. The van der Waals surface area contributed by atoms with Crippen molar-refractivity contribution in [2.45, 2.75) is 12.5 Å². The molecule has 1 N–H and O–H groups in total. The first-order valence-electron chi connectivity index (χ1n) is 5.41. The summed E-state index contributed by atoms with van der Waals surface area (Å²) in [5.41, 5.74) is 0.286. The molecule has 0 spiro atoms. The lowest BCUT2D eigenvalue weighted by Gasteiger charge is -2.13. The number of hydrogen-bond acceptors (Lipinski definition) is 2. The molecule has 19 heavy (non-hydrogen) atoms. The minimum atomic E-state index is -1.06. The number of rotatable bonds is 3. The van der Waals surface area contributed by atoms with Gasteiger partial charge < -0.3 is 5.11 Å². The predicted molar refractivity (Wildman–Crippen MR) is 72.0 cm³/mol. The van der Waals surface area contributed by atoms with Crippen LogP contribution in [0.25, 0.3) is 0 Å². The summed E-state index contributed by atoms with van der Waals surface area (Å²) in [5, 5.41) is 10.2. The third-order valence-electron chi connectivity index (χ3n) is 2.67. The van der Waals surface area contributed by atoms with Gasteiger partial charge in [-0.3, -0.25) is 0 Å². The Kier molecular flexibility index (Phi) is 4.50. The van der Waals surface area contributed by atoms with Gasteiger partial charge >= 0.3 is 0 Å². The number of aliphatic hydroxyl groups excluding tert-OH is 1. The first kappa shape index (κ1) is 14.4. The van der Waals surface area contributed by atoms with Gasteiger partial charge in [0.15, 0.2) is 0 Å². The van der Waals surface area contributed by atoms with Crippen LogP contribution < -0.4 is 0 Å². The maximum atomic E-state index is 13.8. The molecule has 2 rings (SSSR count). The van der Waals surface area contributed by atoms with Gasteiger partial charge in [0.2, 0.25) is 0 Å². The second-order valence-corrected chi connectivity index (χ2v) is 5.20. The summed E-state index contributed by atoms with van der Waals surface area (Å²) in [4.78, 5) is 3.78. The van der Waals surface area contributed by atoms with E-state index in [0.29, 0.717) is 5.56 Å². The minimum Gasteiger partial charge on any atom is -0.388 e. The molecule has 0 aliphatic heterocycles. The lowest BCUT2D eigenvalue weighted by Crippen LogP contribution is -2.06. The molecule has 1 heterocycles. The van der Waals surface area contributed by atoms with Crippen LogP contribution >= 0.6 is 27.5 Å². The Morgan fingerprint density at radius 2 is 2.05 bits per heavy atom. The minimum absolute atomic E-state index is 0.156. The third-order valence-corrected chi connectivity index (χ3v) is 3.49. The molecule has 100 valence electrons.